The molecule has 4 nitrogen and oxygen atoms in total. The van der Waals surface area contributed by atoms with Crippen molar-refractivity contribution < 1.29 is 8.42 Å². The second-order valence-corrected chi connectivity index (χ2v) is 6.47. The quantitative estimate of drug-likeness (QED) is 0.890. The molecule has 7 heteroatoms. The SMILES string of the molecule is CC(C)(N)CNS(=O)(=O)c1cccc(Cl)c1.Cl. The molecule has 0 saturated heterocycles. The van der Waals surface area contributed by atoms with E-state index in [2.05, 4.69) is 4.72 Å². The number of sulfonamides is 1. The van der Waals surface area contributed by atoms with E-state index in [1.165, 1.54) is 12.1 Å². The van der Waals surface area contributed by atoms with Crippen molar-refractivity contribution in [1.29, 1.82) is 0 Å². The number of rotatable bonds is 4. The summed E-state index contributed by atoms with van der Waals surface area (Å²) >= 11 is 5.72. The third kappa shape index (κ3) is 5.70. The molecule has 0 aromatic heterocycles. The zero-order valence-electron chi connectivity index (χ0n) is 9.60. The molecule has 1 aromatic rings. The van der Waals surface area contributed by atoms with Gasteiger partial charge in [-0.3, -0.25) is 0 Å². The first-order valence-corrected chi connectivity index (χ1v) is 6.61. The number of hydrogen-bond acceptors (Lipinski definition) is 3. The van der Waals surface area contributed by atoms with Gasteiger partial charge >= 0.3 is 0 Å². The van der Waals surface area contributed by atoms with E-state index in [1.54, 1.807) is 26.0 Å². The first-order valence-electron chi connectivity index (χ1n) is 4.75. The van der Waals surface area contributed by atoms with Crippen LogP contribution < -0.4 is 10.5 Å². The molecule has 0 heterocycles. The van der Waals surface area contributed by atoms with Gasteiger partial charge in [0.25, 0.3) is 0 Å². The highest BCUT2D eigenvalue weighted by molar-refractivity contribution is 7.89. The van der Waals surface area contributed by atoms with Crippen LogP contribution in [0.2, 0.25) is 5.02 Å². The maximum atomic E-state index is 11.8. The Morgan fingerprint density at radius 3 is 2.47 bits per heavy atom. The van der Waals surface area contributed by atoms with E-state index in [-0.39, 0.29) is 23.8 Å². The lowest BCUT2D eigenvalue weighted by atomic mass is 10.1. The topological polar surface area (TPSA) is 72.2 Å². The van der Waals surface area contributed by atoms with Gasteiger partial charge in [-0.05, 0) is 32.0 Å². The molecule has 0 fully saturated rings. The second-order valence-electron chi connectivity index (χ2n) is 4.27. The van der Waals surface area contributed by atoms with Crippen molar-refractivity contribution in [2.45, 2.75) is 24.3 Å². The van der Waals surface area contributed by atoms with Crippen molar-refractivity contribution >= 4 is 34.0 Å². The summed E-state index contributed by atoms with van der Waals surface area (Å²) in [6, 6.07) is 6.09. The Morgan fingerprint density at radius 2 is 2.00 bits per heavy atom. The summed E-state index contributed by atoms with van der Waals surface area (Å²) in [6.07, 6.45) is 0. The molecule has 1 rings (SSSR count). The van der Waals surface area contributed by atoms with E-state index in [0.29, 0.717) is 5.02 Å². The van der Waals surface area contributed by atoms with E-state index in [0.717, 1.165) is 0 Å². The Labute approximate surface area is 113 Å². The molecule has 17 heavy (non-hydrogen) atoms. The normalized spacial score (nSPS) is 12.0. The lowest BCUT2D eigenvalue weighted by Crippen LogP contribution is -2.45. The highest BCUT2D eigenvalue weighted by atomic mass is 35.5. The standard InChI is InChI=1S/C10H15ClN2O2S.ClH/c1-10(2,12)7-13-16(14,15)9-5-3-4-8(11)6-9;/h3-6,13H,7,12H2,1-2H3;1H. The number of benzene rings is 1. The second kappa shape index (κ2) is 6.02. The maximum Gasteiger partial charge on any atom is 0.240 e. The number of nitrogens with two attached hydrogens (primary N) is 1. The van der Waals surface area contributed by atoms with Crippen LogP contribution in [0, 0.1) is 0 Å². The third-order valence-electron chi connectivity index (χ3n) is 1.82. The first-order chi connectivity index (χ1) is 7.21. The van der Waals surface area contributed by atoms with Crippen LogP contribution in [-0.2, 0) is 10.0 Å². The predicted octanol–water partition coefficient (Wildman–Crippen LogP) is 1.78. The molecule has 0 amide bonds. The van der Waals surface area contributed by atoms with Crippen molar-refractivity contribution in [3.63, 3.8) is 0 Å². The van der Waals surface area contributed by atoms with Crippen LogP contribution in [0.3, 0.4) is 0 Å². The predicted molar refractivity (Wildman–Crippen MR) is 72.2 cm³/mol. The fourth-order valence-electron chi connectivity index (χ4n) is 0.999. The molecular weight excluding hydrogens is 283 g/mol. The summed E-state index contributed by atoms with van der Waals surface area (Å²) in [6.45, 7) is 3.66. The minimum absolute atomic E-state index is 0. The number of nitrogens with one attached hydrogen (secondary N) is 1. The summed E-state index contributed by atoms with van der Waals surface area (Å²) < 4.78 is 26.0. The average molecular weight is 299 g/mol. The maximum absolute atomic E-state index is 11.8. The molecule has 0 aliphatic carbocycles. The van der Waals surface area contributed by atoms with E-state index in [9.17, 15) is 8.42 Å². The molecule has 0 aliphatic rings. The van der Waals surface area contributed by atoms with Crippen LogP contribution in [0.15, 0.2) is 29.2 Å². The van der Waals surface area contributed by atoms with Crippen molar-refractivity contribution in [2.24, 2.45) is 5.73 Å². The van der Waals surface area contributed by atoms with Crippen LogP contribution in [0.1, 0.15) is 13.8 Å². The minimum Gasteiger partial charge on any atom is -0.324 e. The monoisotopic (exact) mass is 298 g/mol. The highest BCUT2D eigenvalue weighted by Crippen LogP contribution is 2.15. The van der Waals surface area contributed by atoms with Gasteiger partial charge in [-0.15, -0.1) is 12.4 Å². The Hall–Kier alpha value is -0.330. The van der Waals surface area contributed by atoms with Gasteiger partial charge in [0.1, 0.15) is 0 Å². The summed E-state index contributed by atoms with van der Waals surface area (Å²) in [5.74, 6) is 0. The Balaban J connectivity index is 0.00000256. The van der Waals surface area contributed by atoms with Crippen LogP contribution in [-0.4, -0.2) is 20.5 Å². The minimum atomic E-state index is -3.53. The fraction of sp³-hybridized carbons (Fsp3) is 0.400. The fourth-order valence-corrected chi connectivity index (χ4v) is 2.52. The largest absolute Gasteiger partial charge is 0.324 e. The average Bonchev–Trinajstić information content (AvgIpc) is 2.14. The lowest BCUT2D eigenvalue weighted by molar-refractivity contribution is 0.498. The van der Waals surface area contributed by atoms with Gasteiger partial charge in [0.15, 0.2) is 0 Å². The zero-order chi connectivity index (χ0) is 12.4. The van der Waals surface area contributed by atoms with Gasteiger partial charge in [0.05, 0.1) is 4.90 Å². The summed E-state index contributed by atoms with van der Waals surface area (Å²) in [5.41, 5.74) is 5.11. The number of halogens is 2. The van der Waals surface area contributed by atoms with Crippen LogP contribution in [0.4, 0.5) is 0 Å². The Morgan fingerprint density at radius 1 is 1.41 bits per heavy atom. The lowest BCUT2D eigenvalue weighted by Gasteiger charge is -2.18. The van der Waals surface area contributed by atoms with Crippen LogP contribution in [0.5, 0.6) is 0 Å². The Kier molecular flexibility index (Phi) is 5.90. The summed E-state index contributed by atoms with van der Waals surface area (Å²) in [5, 5.41) is 0.384. The van der Waals surface area contributed by atoms with Gasteiger partial charge in [0.2, 0.25) is 10.0 Å². The van der Waals surface area contributed by atoms with E-state index in [1.807, 2.05) is 0 Å². The van der Waals surface area contributed by atoms with E-state index < -0.39 is 15.6 Å². The van der Waals surface area contributed by atoms with Crippen molar-refractivity contribution in [1.82, 2.24) is 4.72 Å². The number of hydrogen-bond donors (Lipinski definition) is 2. The van der Waals surface area contributed by atoms with E-state index in [4.69, 9.17) is 17.3 Å². The zero-order valence-corrected chi connectivity index (χ0v) is 12.0. The van der Waals surface area contributed by atoms with Crippen molar-refractivity contribution in [3.8, 4) is 0 Å². The van der Waals surface area contributed by atoms with Crippen molar-refractivity contribution in [2.75, 3.05) is 6.54 Å². The van der Waals surface area contributed by atoms with Gasteiger partial charge in [-0.25, -0.2) is 13.1 Å². The van der Waals surface area contributed by atoms with Gasteiger partial charge in [0, 0.05) is 17.1 Å². The third-order valence-corrected chi connectivity index (χ3v) is 3.46. The Bertz CT molecular complexity index is 469. The molecule has 0 unspecified atom stereocenters. The highest BCUT2D eigenvalue weighted by Gasteiger charge is 2.18. The van der Waals surface area contributed by atoms with Crippen LogP contribution >= 0.6 is 24.0 Å². The molecule has 0 saturated carbocycles. The molecule has 0 aliphatic heterocycles. The molecule has 0 atom stereocenters. The van der Waals surface area contributed by atoms with E-state index >= 15 is 0 Å². The molecule has 0 spiro atoms. The molecule has 3 N–H and O–H groups in total. The molecule has 98 valence electrons. The van der Waals surface area contributed by atoms with Crippen LogP contribution in [0.25, 0.3) is 0 Å². The molecule has 0 bridgehead atoms. The summed E-state index contributed by atoms with van der Waals surface area (Å²) in [4.78, 5) is 0.143. The smallest absolute Gasteiger partial charge is 0.240 e. The molecule has 1 aromatic carbocycles. The molecule has 0 radical (unpaired) electrons. The first kappa shape index (κ1) is 16.7. The molecular formula is C10H16Cl2N2O2S. The van der Waals surface area contributed by atoms with Gasteiger partial charge in [-0.2, -0.15) is 0 Å². The summed E-state index contributed by atoms with van der Waals surface area (Å²) in [7, 11) is -3.53. The van der Waals surface area contributed by atoms with Gasteiger partial charge < -0.3 is 5.73 Å². The van der Waals surface area contributed by atoms with Crippen molar-refractivity contribution in [3.05, 3.63) is 29.3 Å². The van der Waals surface area contributed by atoms with Gasteiger partial charge in [-0.1, -0.05) is 17.7 Å².